The summed E-state index contributed by atoms with van der Waals surface area (Å²) in [6.45, 7) is 3.68. The van der Waals surface area contributed by atoms with E-state index in [-0.39, 0.29) is 0 Å². The summed E-state index contributed by atoms with van der Waals surface area (Å²) >= 11 is 0. The maximum atomic E-state index is 5.51. The van der Waals surface area contributed by atoms with E-state index in [4.69, 9.17) is 20.1 Å². The fourth-order valence-corrected chi connectivity index (χ4v) is 1.78. The fraction of sp³-hybridized carbons (Fsp3) is 1.00. The lowest BCUT2D eigenvalue weighted by Crippen LogP contribution is -2.42. The van der Waals surface area contributed by atoms with E-state index in [0.29, 0.717) is 31.8 Å². The monoisotopic (exact) mass is 218 g/mol. The predicted octanol–water partition coefficient (Wildman–Crippen LogP) is -0.0921. The van der Waals surface area contributed by atoms with E-state index in [9.17, 15) is 0 Å². The summed E-state index contributed by atoms with van der Waals surface area (Å²) in [5.74, 6) is 6.04. The highest BCUT2D eigenvalue weighted by Crippen LogP contribution is 2.18. The molecule has 0 saturated carbocycles. The average Bonchev–Trinajstić information content (AvgIpc) is 2.77. The van der Waals surface area contributed by atoms with Gasteiger partial charge in [-0.05, 0) is 12.8 Å². The zero-order chi connectivity index (χ0) is 10.9. The third kappa shape index (κ3) is 4.90. The Hall–Kier alpha value is -0.200. The van der Waals surface area contributed by atoms with E-state index in [1.807, 2.05) is 0 Å². The molecule has 5 heteroatoms. The molecule has 3 N–H and O–H groups in total. The molecule has 1 fully saturated rings. The van der Waals surface area contributed by atoms with Crippen LogP contribution in [0.5, 0.6) is 0 Å². The molecule has 0 aromatic heterocycles. The highest BCUT2D eigenvalue weighted by atomic mass is 16.5. The number of hydrogen-bond donors (Lipinski definition) is 2. The van der Waals surface area contributed by atoms with Gasteiger partial charge in [-0.3, -0.25) is 11.3 Å². The van der Waals surface area contributed by atoms with Gasteiger partial charge in [0.2, 0.25) is 0 Å². The number of ether oxygens (including phenoxy) is 3. The van der Waals surface area contributed by atoms with Gasteiger partial charge in [0.15, 0.2) is 0 Å². The molecular formula is C10H22N2O3. The Labute approximate surface area is 91.2 Å². The molecule has 5 nitrogen and oxygen atoms in total. The van der Waals surface area contributed by atoms with Crippen LogP contribution < -0.4 is 11.3 Å². The van der Waals surface area contributed by atoms with Crippen LogP contribution in [0.3, 0.4) is 0 Å². The van der Waals surface area contributed by atoms with Crippen LogP contribution in [0.25, 0.3) is 0 Å². The molecule has 15 heavy (non-hydrogen) atoms. The molecule has 1 heterocycles. The first-order valence-electron chi connectivity index (χ1n) is 5.49. The normalized spacial score (nSPS) is 23.2. The molecule has 2 unspecified atom stereocenters. The van der Waals surface area contributed by atoms with Gasteiger partial charge in [-0.25, -0.2) is 0 Å². The van der Waals surface area contributed by atoms with Crippen molar-refractivity contribution in [2.45, 2.75) is 18.9 Å². The number of methoxy groups -OCH3 is 1. The van der Waals surface area contributed by atoms with Crippen LogP contribution in [0, 0.1) is 5.92 Å². The summed E-state index contributed by atoms with van der Waals surface area (Å²) in [6.07, 6.45) is 2.02. The molecule has 0 spiro atoms. The lowest BCUT2D eigenvalue weighted by molar-refractivity contribution is 0.0621. The van der Waals surface area contributed by atoms with Crippen molar-refractivity contribution >= 4 is 0 Å². The van der Waals surface area contributed by atoms with E-state index in [1.165, 1.54) is 0 Å². The van der Waals surface area contributed by atoms with Crippen LogP contribution >= 0.6 is 0 Å². The Balaban J connectivity index is 2.05. The molecule has 0 aromatic rings. The summed E-state index contributed by atoms with van der Waals surface area (Å²) < 4.78 is 15.6. The van der Waals surface area contributed by atoms with Crippen molar-refractivity contribution in [3.8, 4) is 0 Å². The predicted molar refractivity (Wildman–Crippen MR) is 57.3 cm³/mol. The zero-order valence-electron chi connectivity index (χ0n) is 9.41. The molecule has 0 amide bonds. The molecule has 0 aliphatic carbocycles. The molecule has 2 atom stereocenters. The van der Waals surface area contributed by atoms with Crippen molar-refractivity contribution in [1.29, 1.82) is 0 Å². The Bertz CT molecular complexity index is 152. The number of hydrogen-bond acceptors (Lipinski definition) is 5. The molecule has 1 aliphatic rings. The largest absolute Gasteiger partial charge is 0.382 e. The van der Waals surface area contributed by atoms with Gasteiger partial charge in [0.25, 0.3) is 0 Å². The van der Waals surface area contributed by atoms with Gasteiger partial charge in [0.05, 0.1) is 19.8 Å². The van der Waals surface area contributed by atoms with E-state index in [0.717, 1.165) is 26.1 Å². The second-order valence-corrected chi connectivity index (χ2v) is 3.79. The summed E-state index contributed by atoms with van der Waals surface area (Å²) in [7, 11) is 1.67. The van der Waals surface area contributed by atoms with Gasteiger partial charge in [-0.15, -0.1) is 0 Å². The molecule has 1 rings (SSSR count). The highest BCUT2D eigenvalue weighted by Gasteiger charge is 2.24. The topological polar surface area (TPSA) is 65.7 Å². The Morgan fingerprint density at radius 2 is 2.33 bits per heavy atom. The van der Waals surface area contributed by atoms with Gasteiger partial charge in [-0.2, -0.15) is 0 Å². The van der Waals surface area contributed by atoms with Crippen molar-refractivity contribution in [2.24, 2.45) is 11.8 Å². The number of nitrogens with two attached hydrogens (primary N) is 1. The summed E-state index contributed by atoms with van der Waals surface area (Å²) in [4.78, 5) is 0. The Kier molecular flexibility index (Phi) is 6.87. The average molecular weight is 218 g/mol. The van der Waals surface area contributed by atoms with E-state index < -0.39 is 0 Å². The van der Waals surface area contributed by atoms with Crippen molar-refractivity contribution in [2.75, 3.05) is 40.1 Å². The van der Waals surface area contributed by atoms with E-state index >= 15 is 0 Å². The zero-order valence-corrected chi connectivity index (χ0v) is 9.41. The van der Waals surface area contributed by atoms with Gasteiger partial charge >= 0.3 is 0 Å². The number of rotatable bonds is 8. The minimum absolute atomic E-state index is 0.301. The van der Waals surface area contributed by atoms with Gasteiger partial charge in [-0.1, -0.05) is 0 Å². The fourth-order valence-electron chi connectivity index (χ4n) is 1.78. The van der Waals surface area contributed by atoms with Crippen LogP contribution in [0.1, 0.15) is 12.8 Å². The standard InChI is InChI=1S/C10H22N2O3/c1-13-6-7-14-5-3-10(12-11)9-2-4-15-8-9/h9-10,12H,2-8,11H2,1H3. The SMILES string of the molecule is COCCOCCC(NN)C1CCOC1. The molecule has 0 radical (unpaired) electrons. The van der Waals surface area contributed by atoms with Crippen LogP contribution in [0.15, 0.2) is 0 Å². The van der Waals surface area contributed by atoms with Gasteiger partial charge in [0.1, 0.15) is 0 Å². The molecule has 0 aromatic carbocycles. The highest BCUT2D eigenvalue weighted by molar-refractivity contribution is 4.77. The molecule has 0 bridgehead atoms. The van der Waals surface area contributed by atoms with Crippen molar-refractivity contribution in [3.63, 3.8) is 0 Å². The maximum absolute atomic E-state index is 5.51. The van der Waals surface area contributed by atoms with Crippen LogP contribution in [0.4, 0.5) is 0 Å². The minimum atomic E-state index is 0.301. The van der Waals surface area contributed by atoms with Crippen LogP contribution in [-0.4, -0.2) is 46.2 Å². The third-order valence-corrected chi connectivity index (χ3v) is 2.75. The van der Waals surface area contributed by atoms with Crippen LogP contribution in [0.2, 0.25) is 0 Å². The number of hydrazine groups is 1. The minimum Gasteiger partial charge on any atom is -0.382 e. The van der Waals surface area contributed by atoms with Crippen LogP contribution in [-0.2, 0) is 14.2 Å². The molecular weight excluding hydrogens is 196 g/mol. The second kappa shape index (κ2) is 8.01. The summed E-state index contributed by atoms with van der Waals surface area (Å²) in [5, 5.41) is 0. The lowest BCUT2D eigenvalue weighted by Gasteiger charge is -2.21. The first-order chi connectivity index (χ1) is 7.38. The quantitative estimate of drug-likeness (QED) is 0.338. The van der Waals surface area contributed by atoms with Crippen molar-refractivity contribution in [1.82, 2.24) is 5.43 Å². The maximum Gasteiger partial charge on any atom is 0.0700 e. The van der Waals surface area contributed by atoms with E-state index in [2.05, 4.69) is 5.43 Å². The van der Waals surface area contributed by atoms with Gasteiger partial charge in [0, 0.05) is 32.3 Å². The van der Waals surface area contributed by atoms with Gasteiger partial charge < -0.3 is 14.2 Å². The summed E-state index contributed by atoms with van der Waals surface area (Å²) in [6, 6.07) is 0.301. The Morgan fingerprint density at radius 1 is 1.47 bits per heavy atom. The lowest BCUT2D eigenvalue weighted by atomic mass is 9.97. The number of nitrogens with one attached hydrogen (secondary N) is 1. The molecule has 90 valence electrons. The second-order valence-electron chi connectivity index (χ2n) is 3.79. The van der Waals surface area contributed by atoms with Crippen molar-refractivity contribution in [3.05, 3.63) is 0 Å². The van der Waals surface area contributed by atoms with Crippen molar-refractivity contribution < 1.29 is 14.2 Å². The summed E-state index contributed by atoms with van der Waals surface area (Å²) in [5.41, 5.74) is 2.84. The smallest absolute Gasteiger partial charge is 0.0700 e. The first kappa shape index (κ1) is 12.9. The molecule has 1 aliphatic heterocycles. The first-order valence-corrected chi connectivity index (χ1v) is 5.49. The third-order valence-electron chi connectivity index (χ3n) is 2.75. The Morgan fingerprint density at radius 3 is 2.93 bits per heavy atom. The molecule has 1 saturated heterocycles. The van der Waals surface area contributed by atoms with E-state index in [1.54, 1.807) is 7.11 Å².